The Hall–Kier alpha value is -2.61. The van der Waals surface area contributed by atoms with E-state index in [2.05, 4.69) is 15.0 Å². The first-order chi connectivity index (χ1) is 12.2. The van der Waals surface area contributed by atoms with E-state index in [-0.39, 0.29) is 12.7 Å². The van der Waals surface area contributed by atoms with E-state index in [1.54, 1.807) is 0 Å². The molecule has 1 fully saturated rings. The molecule has 0 atom stereocenters. The summed E-state index contributed by atoms with van der Waals surface area (Å²) in [5, 5.41) is 4.04. The number of amides is 1. The number of carbonyl (C=O) groups excluding carboxylic acids is 1. The fourth-order valence-electron chi connectivity index (χ4n) is 3.01. The first kappa shape index (κ1) is 15.9. The number of likely N-dealkylation sites (tertiary alicyclic amines) is 1. The highest BCUT2D eigenvalue weighted by Crippen LogP contribution is 2.35. The van der Waals surface area contributed by atoms with Crippen LogP contribution in [0.4, 0.5) is 0 Å². The van der Waals surface area contributed by atoms with Gasteiger partial charge in [0.1, 0.15) is 0 Å². The zero-order chi connectivity index (χ0) is 17.2. The van der Waals surface area contributed by atoms with E-state index in [0.29, 0.717) is 30.4 Å². The summed E-state index contributed by atoms with van der Waals surface area (Å²) in [7, 11) is 1.98. The van der Waals surface area contributed by atoms with Crippen molar-refractivity contribution in [3.05, 3.63) is 24.1 Å². The molecule has 0 spiro atoms. The minimum absolute atomic E-state index is 0.237. The number of hydrogen-bond acceptors (Lipinski definition) is 7. The van der Waals surface area contributed by atoms with E-state index < -0.39 is 0 Å². The summed E-state index contributed by atoms with van der Waals surface area (Å²) < 4.78 is 16.0. The summed E-state index contributed by atoms with van der Waals surface area (Å²) in [6, 6.07) is 5.57. The molecule has 4 rings (SSSR count). The summed E-state index contributed by atoms with van der Waals surface area (Å²) in [4.78, 5) is 20.1. The third kappa shape index (κ3) is 3.43. The molecule has 2 aliphatic rings. The van der Waals surface area contributed by atoms with Gasteiger partial charge in [-0.05, 0) is 31.7 Å². The van der Waals surface area contributed by atoms with Gasteiger partial charge in [0.2, 0.25) is 24.4 Å². The first-order valence-corrected chi connectivity index (χ1v) is 8.38. The molecule has 25 heavy (non-hydrogen) atoms. The Balaban J connectivity index is 1.35. The van der Waals surface area contributed by atoms with E-state index >= 15 is 0 Å². The molecule has 0 aliphatic carbocycles. The number of aromatic nitrogens is 2. The Morgan fingerprint density at radius 1 is 1.28 bits per heavy atom. The van der Waals surface area contributed by atoms with Crippen LogP contribution in [0.25, 0.3) is 11.4 Å². The highest BCUT2D eigenvalue weighted by molar-refractivity contribution is 5.78. The van der Waals surface area contributed by atoms with Gasteiger partial charge in [0.15, 0.2) is 11.5 Å². The van der Waals surface area contributed by atoms with Crippen LogP contribution in [0.2, 0.25) is 0 Å². The van der Waals surface area contributed by atoms with Crippen LogP contribution in [-0.4, -0.2) is 59.3 Å². The molecule has 2 aliphatic heterocycles. The van der Waals surface area contributed by atoms with Gasteiger partial charge >= 0.3 is 0 Å². The number of nitrogens with zero attached hydrogens (tertiary/aromatic N) is 4. The second-order valence-electron chi connectivity index (χ2n) is 6.30. The Kier molecular flexibility index (Phi) is 4.27. The van der Waals surface area contributed by atoms with Gasteiger partial charge in [0, 0.05) is 31.6 Å². The lowest BCUT2D eigenvalue weighted by Gasteiger charge is -2.20. The van der Waals surface area contributed by atoms with Crippen molar-refractivity contribution in [2.45, 2.75) is 19.4 Å². The number of hydrogen-bond donors (Lipinski definition) is 0. The Morgan fingerprint density at radius 3 is 3.00 bits per heavy atom. The van der Waals surface area contributed by atoms with Gasteiger partial charge in [0.05, 0.1) is 6.54 Å². The Labute approximate surface area is 145 Å². The fourth-order valence-corrected chi connectivity index (χ4v) is 3.01. The molecule has 2 aromatic rings. The van der Waals surface area contributed by atoms with Gasteiger partial charge in [-0.25, -0.2) is 0 Å². The van der Waals surface area contributed by atoms with Crippen molar-refractivity contribution in [1.82, 2.24) is 19.9 Å². The zero-order valence-electron chi connectivity index (χ0n) is 14.1. The molecule has 0 N–H and O–H groups in total. The van der Waals surface area contributed by atoms with Crippen molar-refractivity contribution in [3.63, 3.8) is 0 Å². The van der Waals surface area contributed by atoms with Gasteiger partial charge < -0.3 is 18.9 Å². The highest BCUT2D eigenvalue weighted by atomic mass is 16.7. The summed E-state index contributed by atoms with van der Waals surface area (Å²) in [5.74, 6) is 2.73. The first-order valence-electron chi connectivity index (χ1n) is 8.38. The largest absolute Gasteiger partial charge is 0.454 e. The lowest BCUT2D eigenvalue weighted by molar-refractivity contribution is -0.127. The maximum Gasteiger partial charge on any atom is 0.241 e. The molecule has 0 saturated carbocycles. The Morgan fingerprint density at radius 2 is 2.16 bits per heavy atom. The minimum atomic E-state index is 0.237. The van der Waals surface area contributed by atoms with Crippen LogP contribution in [-0.2, 0) is 11.3 Å². The lowest BCUT2D eigenvalue weighted by atomic mass is 10.2. The monoisotopic (exact) mass is 344 g/mol. The van der Waals surface area contributed by atoms with Crippen LogP contribution in [0.5, 0.6) is 11.5 Å². The summed E-state index contributed by atoms with van der Waals surface area (Å²) in [6.07, 6.45) is 1.64. The second kappa shape index (κ2) is 6.72. The maximum atomic E-state index is 11.6. The number of ether oxygens (including phenoxy) is 2. The van der Waals surface area contributed by atoms with Crippen molar-refractivity contribution in [3.8, 4) is 22.9 Å². The van der Waals surface area contributed by atoms with Crippen LogP contribution in [0.3, 0.4) is 0 Å². The number of benzene rings is 1. The van der Waals surface area contributed by atoms with Crippen LogP contribution in [0.1, 0.15) is 18.7 Å². The zero-order valence-corrected chi connectivity index (χ0v) is 14.1. The van der Waals surface area contributed by atoms with E-state index in [1.807, 2.05) is 30.1 Å². The van der Waals surface area contributed by atoms with Crippen molar-refractivity contribution in [2.75, 3.05) is 33.5 Å². The van der Waals surface area contributed by atoms with Gasteiger partial charge in [-0.1, -0.05) is 5.16 Å². The minimum Gasteiger partial charge on any atom is -0.454 e. The van der Waals surface area contributed by atoms with Crippen molar-refractivity contribution >= 4 is 5.91 Å². The van der Waals surface area contributed by atoms with Crippen LogP contribution in [0, 0.1) is 0 Å². The molecule has 0 unspecified atom stereocenters. The highest BCUT2D eigenvalue weighted by Gasteiger charge is 2.20. The molecule has 1 amide bonds. The molecule has 3 heterocycles. The predicted octanol–water partition coefficient (Wildman–Crippen LogP) is 1.52. The number of likely N-dealkylation sites (N-methyl/N-ethyl adjacent to an activating group) is 1. The average molecular weight is 344 g/mol. The SMILES string of the molecule is CN(CCN1CCCC1=O)Cc1nc(-c2ccc3c(c2)OCO3)no1. The van der Waals surface area contributed by atoms with Gasteiger partial charge in [-0.15, -0.1) is 0 Å². The van der Waals surface area contributed by atoms with Gasteiger partial charge in [0.25, 0.3) is 0 Å². The van der Waals surface area contributed by atoms with Crippen molar-refractivity contribution < 1.29 is 18.8 Å². The second-order valence-corrected chi connectivity index (χ2v) is 6.30. The fraction of sp³-hybridized carbons (Fsp3) is 0.471. The molecule has 0 radical (unpaired) electrons. The van der Waals surface area contributed by atoms with Gasteiger partial charge in [-0.3, -0.25) is 9.69 Å². The maximum absolute atomic E-state index is 11.6. The van der Waals surface area contributed by atoms with Crippen molar-refractivity contribution in [2.24, 2.45) is 0 Å². The smallest absolute Gasteiger partial charge is 0.241 e. The molecular formula is C17H20N4O4. The molecular weight excluding hydrogens is 324 g/mol. The molecule has 1 saturated heterocycles. The summed E-state index contributed by atoms with van der Waals surface area (Å²) in [5.41, 5.74) is 0.824. The lowest BCUT2D eigenvalue weighted by Crippen LogP contribution is -2.33. The predicted molar refractivity (Wildman–Crippen MR) is 88.0 cm³/mol. The van der Waals surface area contributed by atoms with Gasteiger partial charge in [-0.2, -0.15) is 4.98 Å². The molecule has 8 nitrogen and oxygen atoms in total. The van der Waals surface area contributed by atoms with Crippen molar-refractivity contribution in [1.29, 1.82) is 0 Å². The van der Waals surface area contributed by atoms with E-state index in [1.165, 1.54) is 0 Å². The van der Waals surface area contributed by atoms with Crippen LogP contribution < -0.4 is 9.47 Å². The standard InChI is InChI=1S/C17H20N4O4/c1-20(7-8-21-6-2-3-16(21)22)10-15-18-17(19-25-15)12-4-5-13-14(9-12)24-11-23-13/h4-5,9H,2-3,6-8,10-11H2,1H3. The third-order valence-corrected chi connectivity index (χ3v) is 4.43. The molecule has 1 aromatic carbocycles. The number of fused-ring (bicyclic) bond motifs is 1. The van der Waals surface area contributed by atoms with Crippen LogP contribution >= 0.6 is 0 Å². The molecule has 132 valence electrons. The van der Waals surface area contributed by atoms with Crippen LogP contribution in [0.15, 0.2) is 22.7 Å². The van der Waals surface area contributed by atoms with E-state index in [9.17, 15) is 4.79 Å². The third-order valence-electron chi connectivity index (χ3n) is 4.43. The molecule has 8 heteroatoms. The summed E-state index contributed by atoms with van der Waals surface area (Å²) in [6.45, 7) is 3.15. The van der Waals surface area contributed by atoms with E-state index in [0.717, 1.165) is 37.4 Å². The average Bonchev–Trinajstić information content (AvgIpc) is 3.33. The molecule has 1 aromatic heterocycles. The Bertz CT molecular complexity index is 776. The molecule has 0 bridgehead atoms. The quantitative estimate of drug-likeness (QED) is 0.786. The number of rotatable bonds is 6. The normalized spacial score (nSPS) is 16.2. The summed E-state index contributed by atoms with van der Waals surface area (Å²) >= 11 is 0. The van der Waals surface area contributed by atoms with E-state index in [4.69, 9.17) is 14.0 Å². The number of carbonyl (C=O) groups is 1. The topological polar surface area (TPSA) is 80.9 Å².